The molecule has 0 spiro atoms. The number of piperidine rings is 2. The summed E-state index contributed by atoms with van der Waals surface area (Å²) in [4.78, 5) is 5.31. The van der Waals surface area contributed by atoms with Crippen molar-refractivity contribution in [1.29, 1.82) is 0 Å². The molecule has 2 aliphatic heterocycles. The van der Waals surface area contributed by atoms with Crippen LogP contribution in [-0.4, -0.2) is 61.2 Å². The predicted octanol–water partition coefficient (Wildman–Crippen LogP) is 2.96. The lowest BCUT2D eigenvalue weighted by molar-refractivity contribution is 0.134. The number of nitrogens with one attached hydrogen (secondary N) is 1. The van der Waals surface area contributed by atoms with Crippen LogP contribution in [0.2, 0.25) is 0 Å². The van der Waals surface area contributed by atoms with Gasteiger partial charge in [0.2, 0.25) is 0 Å². The van der Waals surface area contributed by atoms with Gasteiger partial charge in [0.15, 0.2) is 0 Å². The number of hydrogen-bond donors (Lipinski definition) is 1. The predicted molar refractivity (Wildman–Crippen MR) is 91.8 cm³/mol. The first-order valence-electron chi connectivity index (χ1n) is 9.43. The monoisotopic (exact) mass is 295 g/mol. The highest BCUT2D eigenvalue weighted by Gasteiger charge is 2.27. The van der Waals surface area contributed by atoms with Gasteiger partial charge in [0.25, 0.3) is 0 Å². The van der Waals surface area contributed by atoms with Gasteiger partial charge in [-0.1, -0.05) is 13.8 Å². The molecule has 0 amide bonds. The van der Waals surface area contributed by atoms with Crippen LogP contribution in [0.4, 0.5) is 0 Å². The Morgan fingerprint density at radius 3 is 2.29 bits per heavy atom. The molecule has 2 heterocycles. The van der Waals surface area contributed by atoms with Gasteiger partial charge in [0, 0.05) is 18.6 Å². The topological polar surface area (TPSA) is 18.5 Å². The van der Waals surface area contributed by atoms with Crippen molar-refractivity contribution >= 4 is 0 Å². The summed E-state index contributed by atoms with van der Waals surface area (Å²) in [7, 11) is 0. The molecule has 2 atom stereocenters. The van der Waals surface area contributed by atoms with Crippen LogP contribution in [0.1, 0.15) is 59.3 Å². The molecule has 0 aromatic heterocycles. The lowest BCUT2D eigenvalue weighted by Crippen LogP contribution is -2.50. The molecule has 0 aliphatic carbocycles. The molecule has 0 radical (unpaired) electrons. The first-order valence-corrected chi connectivity index (χ1v) is 9.43. The number of hydrogen-bond acceptors (Lipinski definition) is 3. The minimum absolute atomic E-state index is 0.687. The lowest BCUT2D eigenvalue weighted by atomic mass is 9.90. The SMILES string of the molecule is CCCN1CCC(NC(C)C2CCCN(CCC)C2)CC1. The van der Waals surface area contributed by atoms with E-state index in [2.05, 4.69) is 35.9 Å². The average molecular weight is 296 g/mol. The van der Waals surface area contributed by atoms with Crippen molar-refractivity contribution in [2.45, 2.75) is 71.4 Å². The molecule has 2 fully saturated rings. The maximum atomic E-state index is 3.96. The van der Waals surface area contributed by atoms with Crippen LogP contribution in [0.15, 0.2) is 0 Å². The minimum atomic E-state index is 0.687. The standard InChI is InChI=1S/C18H37N3/c1-4-10-20-13-8-18(9-14-20)19-16(3)17-7-6-12-21(15-17)11-5-2/h16-19H,4-15H2,1-3H3. The van der Waals surface area contributed by atoms with E-state index in [1.165, 1.54) is 77.8 Å². The molecule has 2 aliphatic rings. The Balaban J connectivity index is 1.70. The zero-order chi connectivity index (χ0) is 15.1. The van der Waals surface area contributed by atoms with E-state index < -0.39 is 0 Å². The molecule has 2 unspecified atom stereocenters. The second-order valence-corrected chi connectivity index (χ2v) is 7.27. The second kappa shape index (κ2) is 9.12. The maximum Gasteiger partial charge on any atom is 0.00940 e. The molecule has 0 saturated carbocycles. The smallest absolute Gasteiger partial charge is 0.00940 e. The third-order valence-electron chi connectivity index (χ3n) is 5.41. The minimum Gasteiger partial charge on any atom is -0.311 e. The highest BCUT2D eigenvalue weighted by molar-refractivity contribution is 4.85. The van der Waals surface area contributed by atoms with E-state index in [1.54, 1.807) is 0 Å². The summed E-state index contributed by atoms with van der Waals surface area (Å²) >= 11 is 0. The summed E-state index contributed by atoms with van der Waals surface area (Å²) in [5.74, 6) is 0.860. The fourth-order valence-corrected chi connectivity index (χ4v) is 4.17. The van der Waals surface area contributed by atoms with Crippen molar-refractivity contribution in [3.8, 4) is 0 Å². The van der Waals surface area contributed by atoms with Crippen LogP contribution in [0.5, 0.6) is 0 Å². The molecule has 21 heavy (non-hydrogen) atoms. The highest BCUT2D eigenvalue weighted by Crippen LogP contribution is 2.21. The van der Waals surface area contributed by atoms with E-state index in [-0.39, 0.29) is 0 Å². The molecule has 2 saturated heterocycles. The fourth-order valence-electron chi connectivity index (χ4n) is 4.17. The molecule has 1 N–H and O–H groups in total. The van der Waals surface area contributed by atoms with Gasteiger partial charge < -0.3 is 15.1 Å². The third-order valence-corrected chi connectivity index (χ3v) is 5.41. The van der Waals surface area contributed by atoms with Crippen molar-refractivity contribution < 1.29 is 0 Å². The molecule has 0 aromatic rings. The van der Waals surface area contributed by atoms with Gasteiger partial charge in [0.05, 0.1) is 0 Å². The zero-order valence-corrected chi connectivity index (χ0v) is 14.6. The number of nitrogens with zero attached hydrogens (tertiary/aromatic N) is 2. The van der Waals surface area contributed by atoms with E-state index in [0.717, 1.165) is 12.0 Å². The quantitative estimate of drug-likeness (QED) is 0.779. The van der Waals surface area contributed by atoms with Gasteiger partial charge in [-0.2, -0.15) is 0 Å². The Bertz CT molecular complexity index is 272. The first-order chi connectivity index (χ1) is 10.2. The summed E-state index contributed by atoms with van der Waals surface area (Å²) in [6.07, 6.45) is 8.09. The molecular weight excluding hydrogens is 258 g/mol. The normalized spacial score (nSPS) is 27.9. The maximum absolute atomic E-state index is 3.96. The zero-order valence-electron chi connectivity index (χ0n) is 14.6. The second-order valence-electron chi connectivity index (χ2n) is 7.27. The van der Waals surface area contributed by atoms with Crippen LogP contribution in [0.3, 0.4) is 0 Å². The van der Waals surface area contributed by atoms with Crippen LogP contribution in [0.25, 0.3) is 0 Å². The Morgan fingerprint density at radius 2 is 1.62 bits per heavy atom. The van der Waals surface area contributed by atoms with Gasteiger partial charge in [-0.3, -0.25) is 0 Å². The van der Waals surface area contributed by atoms with E-state index in [1.807, 2.05) is 0 Å². The molecule has 2 rings (SSSR count). The van der Waals surface area contributed by atoms with Crippen LogP contribution >= 0.6 is 0 Å². The van der Waals surface area contributed by atoms with Gasteiger partial charge in [0.1, 0.15) is 0 Å². The third kappa shape index (κ3) is 5.54. The van der Waals surface area contributed by atoms with Crippen LogP contribution < -0.4 is 5.32 Å². The van der Waals surface area contributed by atoms with E-state index in [9.17, 15) is 0 Å². The fraction of sp³-hybridized carbons (Fsp3) is 1.00. The summed E-state index contributed by atoms with van der Waals surface area (Å²) in [5.41, 5.74) is 0. The Morgan fingerprint density at radius 1 is 0.952 bits per heavy atom. The largest absolute Gasteiger partial charge is 0.311 e. The Kier molecular flexibility index (Phi) is 7.48. The Hall–Kier alpha value is -0.120. The molecule has 3 nitrogen and oxygen atoms in total. The van der Waals surface area contributed by atoms with Gasteiger partial charge in [-0.15, -0.1) is 0 Å². The van der Waals surface area contributed by atoms with E-state index in [0.29, 0.717) is 6.04 Å². The molecule has 0 aromatic carbocycles. The summed E-state index contributed by atoms with van der Waals surface area (Å²) in [6.45, 7) is 14.8. The average Bonchev–Trinajstić information content (AvgIpc) is 2.50. The molecule has 0 bridgehead atoms. The first kappa shape index (κ1) is 17.2. The molecular formula is C18H37N3. The van der Waals surface area contributed by atoms with E-state index >= 15 is 0 Å². The molecule has 124 valence electrons. The lowest BCUT2D eigenvalue weighted by Gasteiger charge is -2.39. The summed E-state index contributed by atoms with van der Waals surface area (Å²) in [5, 5.41) is 3.96. The Labute approximate surface area is 132 Å². The van der Waals surface area contributed by atoms with Crippen molar-refractivity contribution in [2.75, 3.05) is 39.3 Å². The van der Waals surface area contributed by atoms with Crippen LogP contribution in [0, 0.1) is 5.92 Å². The highest BCUT2D eigenvalue weighted by atomic mass is 15.2. The van der Waals surface area contributed by atoms with Gasteiger partial charge in [-0.25, -0.2) is 0 Å². The van der Waals surface area contributed by atoms with Crippen LogP contribution in [-0.2, 0) is 0 Å². The summed E-state index contributed by atoms with van der Waals surface area (Å²) < 4.78 is 0. The number of rotatable bonds is 7. The van der Waals surface area contributed by atoms with Crippen molar-refractivity contribution in [1.82, 2.24) is 15.1 Å². The number of likely N-dealkylation sites (tertiary alicyclic amines) is 2. The van der Waals surface area contributed by atoms with Crippen molar-refractivity contribution in [3.05, 3.63) is 0 Å². The molecule has 3 heteroatoms. The van der Waals surface area contributed by atoms with E-state index in [4.69, 9.17) is 0 Å². The van der Waals surface area contributed by atoms with Gasteiger partial charge in [-0.05, 0) is 84.1 Å². The van der Waals surface area contributed by atoms with Crippen molar-refractivity contribution in [2.24, 2.45) is 5.92 Å². The van der Waals surface area contributed by atoms with Gasteiger partial charge >= 0.3 is 0 Å². The summed E-state index contributed by atoms with van der Waals surface area (Å²) in [6, 6.07) is 1.45. The van der Waals surface area contributed by atoms with Crippen molar-refractivity contribution in [3.63, 3.8) is 0 Å².